The number of halogens is 1. The molecular formula is C8H14ClNO. The summed E-state index contributed by atoms with van der Waals surface area (Å²) >= 11 is 0. The Labute approximate surface area is 73.1 Å². The SMILES string of the molecule is Cl.O=C1CC2(CCCNC2)C1. The summed E-state index contributed by atoms with van der Waals surface area (Å²) in [6.07, 6.45) is 4.22. The molecule has 3 heteroatoms. The van der Waals surface area contributed by atoms with Gasteiger partial charge in [-0.05, 0) is 24.8 Å². The fraction of sp³-hybridized carbons (Fsp3) is 0.875. The van der Waals surface area contributed by atoms with Crippen LogP contribution in [0.5, 0.6) is 0 Å². The first-order valence-electron chi connectivity index (χ1n) is 4.03. The van der Waals surface area contributed by atoms with Gasteiger partial charge in [0.2, 0.25) is 0 Å². The minimum absolute atomic E-state index is 0. The van der Waals surface area contributed by atoms with Crippen LogP contribution in [0.4, 0.5) is 0 Å². The van der Waals surface area contributed by atoms with Crippen molar-refractivity contribution in [1.82, 2.24) is 5.32 Å². The van der Waals surface area contributed by atoms with Crippen LogP contribution in [0.3, 0.4) is 0 Å². The molecule has 1 aliphatic heterocycles. The van der Waals surface area contributed by atoms with Crippen molar-refractivity contribution in [2.75, 3.05) is 13.1 Å². The van der Waals surface area contributed by atoms with Crippen LogP contribution in [0.25, 0.3) is 0 Å². The Hall–Kier alpha value is -0.0800. The minimum atomic E-state index is 0. The van der Waals surface area contributed by atoms with E-state index in [1.54, 1.807) is 0 Å². The van der Waals surface area contributed by atoms with Gasteiger partial charge in [-0.15, -0.1) is 12.4 Å². The van der Waals surface area contributed by atoms with E-state index in [9.17, 15) is 4.79 Å². The lowest BCUT2D eigenvalue weighted by Gasteiger charge is -2.43. The topological polar surface area (TPSA) is 29.1 Å². The van der Waals surface area contributed by atoms with Gasteiger partial charge in [-0.3, -0.25) is 4.79 Å². The molecule has 2 fully saturated rings. The van der Waals surface area contributed by atoms with Gasteiger partial charge in [0, 0.05) is 19.4 Å². The molecule has 1 aliphatic carbocycles. The number of Topliss-reactive ketones (excluding diaryl/α,β-unsaturated/α-hetero) is 1. The Morgan fingerprint density at radius 3 is 2.55 bits per heavy atom. The Balaban J connectivity index is 0.000000605. The summed E-state index contributed by atoms with van der Waals surface area (Å²) in [5.41, 5.74) is 0.412. The molecule has 0 aromatic rings. The molecule has 1 N–H and O–H groups in total. The van der Waals surface area contributed by atoms with Crippen LogP contribution in [0, 0.1) is 5.41 Å². The van der Waals surface area contributed by atoms with Crippen molar-refractivity contribution in [3.63, 3.8) is 0 Å². The van der Waals surface area contributed by atoms with E-state index >= 15 is 0 Å². The van der Waals surface area contributed by atoms with Crippen LogP contribution in [-0.4, -0.2) is 18.9 Å². The van der Waals surface area contributed by atoms with Gasteiger partial charge in [0.25, 0.3) is 0 Å². The lowest BCUT2D eigenvalue weighted by atomic mass is 9.64. The third kappa shape index (κ3) is 1.57. The Bertz CT molecular complexity index is 153. The predicted octanol–water partition coefficient (Wildman–Crippen LogP) is 1.14. The summed E-state index contributed by atoms with van der Waals surface area (Å²) in [5.74, 6) is 0.462. The van der Waals surface area contributed by atoms with E-state index in [-0.39, 0.29) is 12.4 Å². The molecule has 2 nitrogen and oxygen atoms in total. The van der Waals surface area contributed by atoms with Crippen molar-refractivity contribution in [2.45, 2.75) is 25.7 Å². The predicted molar refractivity (Wildman–Crippen MR) is 46.0 cm³/mol. The molecule has 0 aromatic heterocycles. The second-order valence-corrected chi connectivity index (χ2v) is 3.67. The van der Waals surface area contributed by atoms with Gasteiger partial charge in [0.05, 0.1) is 0 Å². The summed E-state index contributed by atoms with van der Waals surface area (Å²) in [7, 11) is 0. The highest BCUT2D eigenvalue weighted by Gasteiger charge is 2.43. The summed E-state index contributed by atoms with van der Waals surface area (Å²) in [6.45, 7) is 2.23. The molecule has 2 rings (SSSR count). The minimum Gasteiger partial charge on any atom is -0.316 e. The summed E-state index contributed by atoms with van der Waals surface area (Å²) < 4.78 is 0. The van der Waals surface area contributed by atoms with Gasteiger partial charge in [-0.2, -0.15) is 0 Å². The van der Waals surface area contributed by atoms with Crippen molar-refractivity contribution < 1.29 is 4.79 Å². The van der Waals surface area contributed by atoms with Crippen LogP contribution in [0.2, 0.25) is 0 Å². The van der Waals surface area contributed by atoms with E-state index in [0.29, 0.717) is 11.2 Å². The summed E-state index contributed by atoms with van der Waals surface area (Å²) in [6, 6.07) is 0. The largest absolute Gasteiger partial charge is 0.316 e. The van der Waals surface area contributed by atoms with Gasteiger partial charge in [-0.1, -0.05) is 0 Å². The number of ketones is 1. The van der Waals surface area contributed by atoms with Crippen molar-refractivity contribution in [2.24, 2.45) is 5.41 Å². The molecule has 0 aromatic carbocycles. The van der Waals surface area contributed by atoms with Gasteiger partial charge in [0.15, 0.2) is 0 Å². The highest BCUT2D eigenvalue weighted by molar-refractivity contribution is 5.86. The number of rotatable bonds is 0. The zero-order valence-electron chi connectivity index (χ0n) is 6.56. The maximum absolute atomic E-state index is 10.7. The molecule has 0 radical (unpaired) electrons. The monoisotopic (exact) mass is 175 g/mol. The smallest absolute Gasteiger partial charge is 0.134 e. The first-order valence-corrected chi connectivity index (χ1v) is 4.03. The molecule has 1 saturated heterocycles. The fourth-order valence-corrected chi connectivity index (χ4v) is 2.12. The number of carbonyl (C=O) groups is 1. The molecule has 1 spiro atoms. The van der Waals surface area contributed by atoms with Crippen molar-refractivity contribution in [1.29, 1.82) is 0 Å². The van der Waals surface area contributed by atoms with Crippen LogP contribution in [-0.2, 0) is 4.79 Å². The molecule has 1 saturated carbocycles. The molecule has 0 amide bonds. The van der Waals surface area contributed by atoms with Crippen LogP contribution < -0.4 is 5.32 Å². The highest BCUT2D eigenvalue weighted by Crippen LogP contribution is 2.42. The van der Waals surface area contributed by atoms with Crippen LogP contribution >= 0.6 is 12.4 Å². The van der Waals surface area contributed by atoms with Gasteiger partial charge in [0.1, 0.15) is 5.78 Å². The second-order valence-electron chi connectivity index (χ2n) is 3.67. The average molecular weight is 176 g/mol. The molecule has 1 heterocycles. The third-order valence-electron chi connectivity index (χ3n) is 2.70. The molecule has 0 atom stereocenters. The summed E-state index contributed by atoms with van der Waals surface area (Å²) in [5, 5.41) is 3.35. The van der Waals surface area contributed by atoms with Crippen molar-refractivity contribution in [3.05, 3.63) is 0 Å². The number of piperidine rings is 1. The van der Waals surface area contributed by atoms with E-state index in [2.05, 4.69) is 5.32 Å². The average Bonchev–Trinajstić information content (AvgIpc) is 1.87. The normalized spacial score (nSPS) is 27.5. The van der Waals surface area contributed by atoms with Gasteiger partial charge < -0.3 is 5.32 Å². The molecule has 11 heavy (non-hydrogen) atoms. The maximum atomic E-state index is 10.7. The van der Waals surface area contributed by atoms with E-state index in [0.717, 1.165) is 25.9 Å². The first-order chi connectivity index (χ1) is 4.81. The Morgan fingerprint density at radius 1 is 1.36 bits per heavy atom. The standard InChI is InChI=1S/C8H13NO.ClH/c10-7-4-8(5-7)2-1-3-9-6-8;/h9H,1-6H2;1H. The van der Waals surface area contributed by atoms with E-state index in [4.69, 9.17) is 0 Å². The summed E-state index contributed by atoms with van der Waals surface area (Å²) in [4.78, 5) is 10.7. The third-order valence-corrected chi connectivity index (χ3v) is 2.70. The molecule has 64 valence electrons. The Kier molecular flexibility index (Phi) is 2.55. The lowest BCUT2D eigenvalue weighted by Crippen LogP contribution is -2.48. The van der Waals surface area contributed by atoms with E-state index in [1.807, 2.05) is 0 Å². The van der Waals surface area contributed by atoms with Crippen molar-refractivity contribution in [3.8, 4) is 0 Å². The lowest BCUT2D eigenvalue weighted by molar-refractivity contribution is -0.133. The second kappa shape index (κ2) is 3.11. The van der Waals surface area contributed by atoms with Gasteiger partial charge in [-0.25, -0.2) is 0 Å². The van der Waals surface area contributed by atoms with Crippen LogP contribution in [0.1, 0.15) is 25.7 Å². The first kappa shape index (κ1) is 9.01. The molecular weight excluding hydrogens is 162 g/mol. The van der Waals surface area contributed by atoms with E-state index in [1.165, 1.54) is 12.8 Å². The van der Waals surface area contributed by atoms with Gasteiger partial charge >= 0.3 is 0 Å². The highest BCUT2D eigenvalue weighted by atomic mass is 35.5. The van der Waals surface area contributed by atoms with Crippen molar-refractivity contribution >= 4 is 18.2 Å². The molecule has 0 unspecified atom stereocenters. The Morgan fingerprint density at radius 2 is 2.09 bits per heavy atom. The molecule has 2 aliphatic rings. The van der Waals surface area contributed by atoms with Crippen LogP contribution in [0.15, 0.2) is 0 Å². The number of hydrogen-bond acceptors (Lipinski definition) is 2. The molecule has 0 bridgehead atoms. The zero-order chi connectivity index (χ0) is 7.03. The maximum Gasteiger partial charge on any atom is 0.134 e. The van der Waals surface area contributed by atoms with E-state index < -0.39 is 0 Å². The number of carbonyl (C=O) groups excluding carboxylic acids is 1. The quantitative estimate of drug-likeness (QED) is 0.599. The number of hydrogen-bond donors (Lipinski definition) is 1. The zero-order valence-corrected chi connectivity index (χ0v) is 7.38. The fourth-order valence-electron chi connectivity index (χ4n) is 2.12. The number of nitrogens with one attached hydrogen (secondary N) is 1.